The van der Waals surface area contributed by atoms with E-state index >= 15 is 0 Å². The summed E-state index contributed by atoms with van der Waals surface area (Å²) in [6.07, 6.45) is 4.32. The van der Waals surface area contributed by atoms with Crippen LogP contribution in [0.15, 0.2) is 22.7 Å². The maximum absolute atomic E-state index is 11.3. The molecule has 1 saturated carbocycles. The minimum Gasteiger partial charge on any atom is -0.371 e. The molecule has 2 fully saturated rings. The van der Waals surface area contributed by atoms with E-state index in [0.29, 0.717) is 6.04 Å². The number of amides is 1. The topological polar surface area (TPSA) is 58.4 Å². The van der Waals surface area contributed by atoms with Crippen LogP contribution in [0.3, 0.4) is 0 Å². The summed E-state index contributed by atoms with van der Waals surface area (Å²) >= 11 is 3.57. The molecule has 4 nitrogen and oxygen atoms in total. The minimum absolute atomic E-state index is 0.0430. The van der Waals surface area contributed by atoms with E-state index < -0.39 is 0 Å². The molecule has 1 aliphatic heterocycles. The first-order chi connectivity index (χ1) is 10.1. The number of carbonyl (C=O) groups is 1. The maximum Gasteiger partial charge on any atom is 0.220 e. The molecule has 1 aromatic carbocycles. The third kappa shape index (κ3) is 3.77. The van der Waals surface area contributed by atoms with Crippen LogP contribution in [0.5, 0.6) is 0 Å². The molecule has 1 aliphatic carbocycles. The van der Waals surface area contributed by atoms with Crippen LogP contribution in [0, 0.1) is 5.92 Å². The van der Waals surface area contributed by atoms with Crippen LogP contribution in [0.2, 0.25) is 0 Å². The van der Waals surface area contributed by atoms with Gasteiger partial charge in [0.1, 0.15) is 0 Å². The van der Waals surface area contributed by atoms with Gasteiger partial charge in [0.2, 0.25) is 5.91 Å². The van der Waals surface area contributed by atoms with Gasteiger partial charge in [-0.15, -0.1) is 0 Å². The van der Waals surface area contributed by atoms with Crippen LogP contribution >= 0.6 is 15.9 Å². The zero-order chi connectivity index (χ0) is 14.8. The van der Waals surface area contributed by atoms with Crippen LogP contribution in [-0.2, 0) is 11.3 Å². The van der Waals surface area contributed by atoms with Gasteiger partial charge in [-0.25, -0.2) is 0 Å². The van der Waals surface area contributed by atoms with E-state index in [2.05, 4.69) is 44.3 Å². The number of benzene rings is 1. The minimum atomic E-state index is -0.153. The highest BCUT2D eigenvalue weighted by atomic mass is 79.9. The second kappa shape index (κ2) is 6.36. The Bertz CT molecular complexity index is 522. The molecule has 1 saturated heterocycles. The fourth-order valence-electron chi connectivity index (χ4n) is 2.93. The predicted molar refractivity (Wildman–Crippen MR) is 88.1 cm³/mol. The fraction of sp³-hybridized carbons (Fsp3) is 0.562. The van der Waals surface area contributed by atoms with Crippen molar-refractivity contribution < 1.29 is 4.79 Å². The van der Waals surface area contributed by atoms with Gasteiger partial charge < -0.3 is 16.0 Å². The molecule has 114 valence electrons. The summed E-state index contributed by atoms with van der Waals surface area (Å²) in [5.41, 5.74) is 8.03. The second-order valence-electron chi connectivity index (χ2n) is 6.09. The Hall–Kier alpha value is -1.07. The SMILES string of the molecule is NC(=O)C1CCN(c2cc(Br)ccc2CNC2CC2)CC1. The molecule has 3 rings (SSSR count). The summed E-state index contributed by atoms with van der Waals surface area (Å²) in [7, 11) is 0. The second-order valence-corrected chi connectivity index (χ2v) is 7.01. The maximum atomic E-state index is 11.3. The lowest BCUT2D eigenvalue weighted by atomic mass is 9.95. The molecule has 1 amide bonds. The van der Waals surface area contributed by atoms with E-state index in [-0.39, 0.29) is 11.8 Å². The van der Waals surface area contributed by atoms with E-state index in [1.165, 1.54) is 24.1 Å². The van der Waals surface area contributed by atoms with Gasteiger partial charge in [0.25, 0.3) is 0 Å². The van der Waals surface area contributed by atoms with Crippen molar-refractivity contribution in [3.8, 4) is 0 Å². The highest BCUT2D eigenvalue weighted by Crippen LogP contribution is 2.30. The van der Waals surface area contributed by atoms with Gasteiger partial charge in [-0.2, -0.15) is 0 Å². The standard InChI is InChI=1S/C16H22BrN3O/c17-13-2-1-12(10-19-14-3-4-14)15(9-13)20-7-5-11(6-8-20)16(18)21/h1-2,9,11,14,19H,3-8,10H2,(H2,18,21). The molecule has 1 aromatic rings. The third-order valence-corrected chi connectivity index (χ3v) is 4.94. The quantitative estimate of drug-likeness (QED) is 0.856. The number of halogens is 1. The molecule has 0 radical (unpaired) electrons. The molecule has 0 aromatic heterocycles. The highest BCUT2D eigenvalue weighted by molar-refractivity contribution is 9.10. The van der Waals surface area contributed by atoms with Crippen LogP contribution in [0.1, 0.15) is 31.2 Å². The Kier molecular flexibility index (Phi) is 4.50. The summed E-state index contributed by atoms with van der Waals surface area (Å²) < 4.78 is 1.10. The smallest absolute Gasteiger partial charge is 0.220 e. The summed E-state index contributed by atoms with van der Waals surface area (Å²) in [4.78, 5) is 13.7. The van der Waals surface area contributed by atoms with Crippen molar-refractivity contribution in [3.63, 3.8) is 0 Å². The first-order valence-corrected chi connectivity index (χ1v) is 8.49. The van der Waals surface area contributed by atoms with Crippen molar-refractivity contribution in [1.29, 1.82) is 0 Å². The molecule has 0 spiro atoms. The van der Waals surface area contributed by atoms with Crippen molar-refractivity contribution in [2.24, 2.45) is 11.7 Å². The Morgan fingerprint density at radius 2 is 2.00 bits per heavy atom. The summed E-state index contributed by atoms with van der Waals surface area (Å²) in [5, 5.41) is 3.58. The normalized spacial score (nSPS) is 19.8. The van der Waals surface area contributed by atoms with Crippen molar-refractivity contribution >= 4 is 27.5 Å². The number of primary amides is 1. The fourth-order valence-corrected chi connectivity index (χ4v) is 3.28. The van der Waals surface area contributed by atoms with Gasteiger partial charge in [-0.05, 0) is 43.4 Å². The first-order valence-electron chi connectivity index (χ1n) is 7.69. The number of rotatable bonds is 5. The van der Waals surface area contributed by atoms with Gasteiger partial charge in [-0.1, -0.05) is 22.0 Å². The zero-order valence-electron chi connectivity index (χ0n) is 12.1. The van der Waals surface area contributed by atoms with E-state index in [9.17, 15) is 4.79 Å². The lowest BCUT2D eigenvalue weighted by Gasteiger charge is -2.34. The molecular formula is C16H22BrN3O. The summed E-state index contributed by atoms with van der Waals surface area (Å²) in [6.45, 7) is 2.73. The Morgan fingerprint density at radius 3 is 2.62 bits per heavy atom. The molecule has 0 unspecified atom stereocenters. The van der Waals surface area contributed by atoms with E-state index in [1.807, 2.05) is 0 Å². The number of piperidine rings is 1. The van der Waals surface area contributed by atoms with E-state index in [0.717, 1.165) is 36.9 Å². The van der Waals surface area contributed by atoms with Crippen molar-refractivity contribution in [3.05, 3.63) is 28.2 Å². The molecule has 21 heavy (non-hydrogen) atoms. The van der Waals surface area contributed by atoms with Gasteiger partial charge >= 0.3 is 0 Å². The Balaban J connectivity index is 1.70. The van der Waals surface area contributed by atoms with Gasteiger partial charge in [0.05, 0.1) is 0 Å². The monoisotopic (exact) mass is 351 g/mol. The zero-order valence-corrected chi connectivity index (χ0v) is 13.7. The number of anilines is 1. The van der Waals surface area contributed by atoms with Crippen LogP contribution < -0.4 is 16.0 Å². The molecule has 1 heterocycles. The van der Waals surface area contributed by atoms with E-state index in [1.54, 1.807) is 0 Å². The largest absolute Gasteiger partial charge is 0.371 e. The van der Waals surface area contributed by atoms with Gasteiger partial charge in [0, 0.05) is 41.8 Å². The number of nitrogens with zero attached hydrogens (tertiary/aromatic N) is 1. The van der Waals surface area contributed by atoms with E-state index in [4.69, 9.17) is 5.73 Å². The number of nitrogens with one attached hydrogen (secondary N) is 1. The molecule has 3 N–H and O–H groups in total. The van der Waals surface area contributed by atoms with Gasteiger partial charge in [0.15, 0.2) is 0 Å². The molecule has 0 bridgehead atoms. The molecule has 0 atom stereocenters. The Morgan fingerprint density at radius 1 is 1.29 bits per heavy atom. The average Bonchev–Trinajstić information content (AvgIpc) is 3.30. The number of nitrogens with two attached hydrogens (primary N) is 1. The van der Waals surface area contributed by atoms with Gasteiger partial charge in [-0.3, -0.25) is 4.79 Å². The van der Waals surface area contributed by atoms with Crippen LogP contribution in [0.4, 0.5) is 5.69 Å². The number of hydrogen-bond donors (Lipinski definition) is 2. The summed E-state index contributed by atoms with van der Waals surface area (Å²) in [5.74, 6) is -0.110. The Labute approximate surface area is 134 Å². The number of hydrogen-bond acceptors (Lipinski definition) is 3. The molecule has 2 aliphatic rings. The first kappa shape index (κ1) is 14.9. The third-order valence-electron chi connectivity index (χ3n) is 4.44. The van der Waals surface area contributed by atoms with Crippen molar-refractivity contribution in [2.45, 2.75) is 38.3 Å². The number of carbonyl (C=O) groups excluding carboxylic acids is 1. The lowest BCUT2D eigenvalue weighted by Crippen LogP contribution is -2.39. The predicted octanol–water partition coefficient (Wildman–Crippen LogP) is 2.40. The highest BCUT2D eigenvalue weighted by Gasteiger charge is 2.25. The van der Waals surface area contributed by atoms with Crippen molar-refractivity contribution in [1.82, 2.24) is 5.32 Å². The van der Waals surface area contributed by atoms with Crippen LogP contribution in [-0.4, -0.2) is 25.0 Å². The summed E-state index contributed by atoms with van der Waals surface area (Å²) in [6, 6.07) is 7.19. The lowest BCUT2D eigenvalue weighted by molar-refractivity contribution is -0.122. The molecular weight excluding hydrogens is 330 g/mol. The van der Waals surface area contributed by atoms with Crippen molar-refractivity contribution in [2.75, 3.05) is 18.0 Å². The average molecular weight is 352 g/mol. The molecule has 5 heteroatoms. The van der Waals surface area contributed by atoms with Crippen LogP contribution in [0.25, 0.3) is 0 Å².